The summed E-state index contributed by atoms with van der Waals surface area (Å²) in [7, 11) is 1.72. The first-order valence-electron chi connectivity index (χ1n) is 9.33. The van der Waals surface area contributed by atoms with Crippen LogP contribution in [0.4, 0.5) is 8.78 Å². The van der Waals surface area contributed by atoms with Gasteiger partial charge in [-0.2, -0.15) is 0 Å². The predicted octanol–water partition coefficient (Wildman–Crippen LogP) is 5.30. The summed E-state index contributed by atoms with van der Waals surface area (Å²) in [4.78, 5) is 17.5. The van der Waals surface area contributed by atoms with Crippen LogP contribution < -0.4 is 0 Å². The lowest BCUT2D eigenvalue weighted by Gasteiger charge is -2.16. The van der Waals surface area contributed by atoms with Crippen LogP contribution in [0.3, 0.4) is 0 Å². The van der Waals surface area contributed by atoms with E-state index in [-0.39, 0.29) is 24.0 Å². The molecule has 0 atom stereocenters. The maximum atomic E-state index is 13.9. The van der Waals surface area contributed by atoms with Crippen molar-refractivity contribution in [3.8, 4) is 11.3 Å². The van der Waals surface area contributed by atoms with E-state index in [0.717, 1.165) is 27.7 Å². The first-order valence-corrected chi connectivity index (χ1v) is 9.33. The zero-order valence-electron chi connectivity index (χ0n) is 15.9. The molecule has 29 heavy (non-hydrogen) atoms. The number of aryl methyl sites for hydroxylation is 1. The average molecular weight is 394 g/mol. The first-order chi connectivity index (χ1) is 14.0. The second-order valence-electron chi connectivity index (χ2n) is 7.00. The Kier molecular flexibility index (Phi) is 5.16. The molecule has 0 fully saturated rings. The van der Waals surface area contributed by atoms with Gasteiger partial charge in [-0.1, -0.05) is 0 Å². The van der Waals surface area contributed by atoms with Crippen LogP contribution in [-0.4, -0.2) is 22.8 Å². The lowest BCUT2D eigenvalue weighted by molar-refractivity contribution is -0.130. The predicted molar refractivity (Wildman–Crippen MR) is 107 cm³/mol. The summed E-state index contributed by atoms with van der Waals surface area (Å²) in [6.07, 6.45) is 2.26. The number of hydrogen-bond donors (Lipinski definition) is 1. The summed E-state index contributed by atoms with van der Waals surface area (Å²) in [5, 5.41) is 0.728. The molecule has 2 aromatic carbocycles. The Hall–Kier alpha value is -3.41. The number of amides is 1. The maximum Gasteiger partial charge on any atom is 0.223 e. The van der Waals surface area contributed by atoms with Gasteiger partial charge in [0.05, 0.1) is 12.8 Å². The van der Waals surface area contributed by atoms with Crippen LogP contribution in [-0.2, 0) is 17.8 Å². The average Bonchev–Trinajstić information content (AvgIpc) is 3.34. The fourth-order valence-corrected chi connectivity index (χ4v) is 3.49. The summed E-state index contributed by atoms with van der Waals surface area (Å²) >= 11 is 0. The molecule has 0 bridgehead atoms. The van der Waals surface area contributed by atoms with Crippen LogP contribution in [0.5, 0.6) is 0 Å². The minimum atomic E-state index is -0.343. The molecule has 1 N–H and O–H groups in total. The lowest BCUT2D eigenvalue weighted by Crippen LogP contribution is -2.26. The highest BCUT2D eigenvalue weighted by atomic mass is 19.1. The molecule has 0 saturated heterocycles. The molecule has 0 unspecified atom stereocenters. The zero-order chi connectivity index (χ0) is 20.4. The van der Waals surface area contributed by atoms with Crippen molar-refractivity contribution in [1.82, 2.24) is 9.88 Å². The van der Waals surface area contributed by atoms with Crippen LogP contribution in [0.15, 0.2) is 65.3 Å². The number of halogens is 2. The molecule has 2 aromatic heterocycles. The Balaban J connectivity index is 1.61. The number of benzene rings is 2. The van der Waals surface area contributed by atoms with Gasteiger partial charge in [0.1, 0.15) is 17.4 Å². The van der Waals surface area contributed by atoms with Crippen molar-refractivity contribution in [3.05, 3.63) is 83.8 Å². The molecule has 4 rings (SSSR count). The van der Waals surface area contributed by atoms with Crippen molar-refractivity contribution < 1.29 is 18.0 Å². The van der Waals surface area contributed by atoms with Gasteiger partial charge in [0.25, 0.3) is 0 Å². The summed E-state index contributed by atoms with van der Waals surface area (Å²) in [6.45, 7) is 0.388. The molecule has 2 heterocycles. The van der Waals surface area contributed by atoms with Crippen molar-refractivity contribution in [2.24, 2.45) is 0 Å². The molecule has 0 aliphatic heterocycles. The minimum Gasteiger partial charge on any atom is -0.467 e. The summed E-state index contributed by atoms with van der Waals surface area (Å²) in [5.41, 5.74) is 3.17. The quantitative estimate of drug-likeness (QED) is 0.483. The highest BCUT2D eigenvalue weighted by Gasteiger charge is 2.17. The van der Waals surface area contributed by atoms with Crippen molar-refractivity contribution in [1.29, 1.82) is 0 Å². The van der Waals surface area contributed by atoms with Crippen molar-refractivity contribution in [2.45, 2.75) is 19.4 Å². The van der Waals surface area contributed by atoms with Crippen LogP contribution >= 0.6 is 0 Å². The molecule has 4 aromatic rings. The van der Waals surface area contributed by atoms with Gasteiger partial charge < -0.3 is 14.3 Å². The zero-order valence-corrected chi connectivity index (χ0v) is 15.9. The van der Waals surface area contributed by atoms with Crippen molar-refractivity contribution in [3.63, 3.8) is 0 Å². The molecule has 6 heteroatoms. The third kappa shape index (κ3) is 4.06. The SMILES string of the molecule is CN(Cc1ccco1)C(=O)CCc1c(-c2ccc(F)cc2)[nH]c2ccc(F)cc12. The maximum absolute atomic E-state index is 13.9. The highest BCUT2D eigenvalue weighted by Crippen LogP contribution is 2.32. The molecule has 4 nitrogen and oxygen atoms in total. The highest BCUT2D eigenvalue weighted by molar-refractivity contribution is 5.91. The van der Waals surface area contributed by atoms with Crippen LogP contribution in [0.1, 0.15) is 17.7 Å². The lowest BCUT2D eigenvalue weighted by atomic mass is 10.0. The fourth-order valence-electron chi connectivity index (χ4n) is 3.49. The van der Waals surface area contributed by atoms with Crippen LogP contribution in [0, 0.1) is 11.6 Å². The van der Waals surface area contributed by atoms with Crippen molar-refractivity contribution >= 4 is 16.8 Å². The molecule has 0 radical (unpaired) electrons. The molecule has 0 aliphatic rings. The van der Waals surface area contributed by atoms with E-state index in [1.54, 1.807) is 42.5 Å². The number of nitrogens with zero attached hydrogens (tertiary/aromatic N) is 1. The van der Waals surface area contributed by atoms with Gasteiger partial charge in [-0.05, 0) is 72.1 Å². The fraction of sp³-hybridized carbons (Fsp3) is 0.174. The largest absolute Gasteiger partial charge is 0.467 e. The smallest absolute Gasteiger partial charge is 0.223 e. The Morgan fingerprint density at radius 2 is 1.83 bits per heavy atom. The molecule has 148 valence electrons. The van der Waals surface area contributed by atoms with E-state index in [9.17, 15) is 13.6 Å². The van der Waals surface area contributed by atoms with Crippen LogP contribution in [0.2, 0.25) is 0 Å². The van der Waals surface area contributed by atoms with Gasteiger partial charge >= 0.3 is 0 Å². The molecule has 0 spiro atoms. The Bertz CT molecular complexity index is 1130. The van der Waals surface area contributed by atoms with E-state index in [2.05, 4.69) is 4.98 Å². The molecule has 1 amide bonds. The van der Waals surface area contributed by atoms with Gasteiger partial charge in [-0.3, -0.25) is 4.79 Å². The topological polar surface area (TPSA) is 49.2 Å². The third-order valence-electron chi connectivity index (χ3n) is 4.99. The monoisotopic (exact) mass is 394 g/mol. The Morgan fingerprint density at radius 3 is 2.55 bits per heavy atom. The van der Waals surface area contributed by atoms with Gasteiger partial charge in [-0.15, -0.1) is 0 Å². The van der Waals surface area contributed by atoms with E-state index in [1.165, 1.54) is 24.3 Å². The number of aromatic nitrogens is 1. The number of carbonyl (C=O) groups excluding carboxylic acids is 1. The summed E-state index contributed by atoms with van der Waals surface area (Å²) in [5.74, 6) is -0.00363. The number of hydrogen-bond acceptors (Lipinski definition) is 2. The number of carbonyl (C=O) groups is 1. The number of furan rings is 1. The minimum absolute atomic E-state index is 0.0443. The van der Waals surface area contributed by atoms with E-state index >= 15 is 0 Å². The standard InChI is InChI=1S/C23H20F2N2O2/c1-27(14-18-3-2-12-29-18)22(28)11-9-19-20-13-17(25)8-10-21(20)26-23(19)15-4-6-16(24)7-5-15/h2-8,10,12-13,26H,9,11,14H2,1H3. The van der Waals surface area contributed by atoms with Gasteiger partial charge in [0, 0.05) is 30.1 Å². The molecular formula is C23H20F2N2O2. The van der Waals surface area contributed by atoms with Crippen LogP contribution in [0.25, 0.3) is 22.2 Å². The van der Waals surface area contributed by atoms with E-state index in [0.29, 0.717) is 18.7 Å². The number of rotatable bonds is 6. The van der Waals surface area contributed by atoms with E-state index < -0.39 is 0 Å². The van der Waals surface area contributed by atoms with E-state index in [4.69, 9.17) is 4.42 Å². The Labute approximate surface area is 166 Å². The summed E-state index contributed by atoms with van der Waals surface area (Å²) < 4.78 is 32.5. The number of nitrogens with one attached hydrogen (secondary N) is 1. The van der Waals surface area contributed by atoms with Gasteiger partial charge in [0.15, 0.2) is 0 Å². The second kappa shape index (κ2) is 7.91. The van der Waals surface area contributed by atoms with E-state index in [1.807, 2.05) is 6.07 Å². The van der Waals surface area contributed by atoms with Crippen molar-refractivity contribution in [2.75, 3.05) is 7.05 Å². The molecule has 0 aliphatic carbocycles. The molecule has 0 saturated carbocycles. The van der Waals surface area contributed by atoms with Gasteiger partial charge in [0.2, 0.25) is 5.91 Å². The summed E-state index contributed by atoms with van der Waals surface area (Å²) in [6, 6.07) is 14.2. The Morgan fingerprint density at radius 1 is 1.07 bits per heavy atom. The molecular weight excluding hydrogens is 374 g/mol. The number of H-pyrrole nitrogens is 1. The first kappa shape index (κ1) is 18.9. The number of aromatic amines is 1. The van der Waals surface area contributed by atoms with Gasteiger partial charge in [-0.25, -0.2) is 8.78 Å². The third-order valence-corrected chi connectivity index (χ3v) is 4.99. The number of fused-ring (bicyclic) bond motifs is 1. The second-order valence-corrected chi connectivity index (χ2v) is 7.00. The normalized spacial score (nSPS) is 11.1.